The number of primary amides is 1. The van der Waals surface area contributed by atoms with Gasteiger partial charge in [-0.15, -0.1) is 0 Å². The van der Waals surface area contributed by atoms with Gasteiger partial charge in [-0.05, 0) is 25.0 Å². The third kappa shape index (κ3) is 3.77. The standard InChI is InChI=1S/C15H22N4O4/c1-18-13-11(16)6-9(7-12(13)22-2)14(20)19-5-3-4-10(8-19)23-15(17)21/h6-7,10,18H,3-5,8,16H2,1-2H3,(H2,17,21). The molecule has 126 valence electrons. The number of piperidine rings is 1. The van der Waals surface area contributed by atoms with Gasteiger partial charge in [0.1, 0.15) is 11.9 Å². The van der Waals surface area contributed by atoms with Crippen LogP contribution in [0.1, 0.15) is 23.2 Å². The highest BCUT2D eigenvalue weighted by molar-refractivity contribution is 5.97. The summed E-state index contributed by atoms with van der Waals surface area (Å²) < 4.78 is 10.3. The first-order valence-electron chi connectivity index (χ1n) is 7.37. The topological polar surface area (TPSA) is 120 Å². The van der Waals surface area contributed by atoms with E-state index in [-0.39, 0.29) is 12.0 Å². The maximum Gasteiger partial charge on any atom is 0.404 e. The molecule has 1 unspecified atom stereocenters. The summed E-state index contributed by atoms with van der Waals surface area (Å²) in [5, 5.41) is 2.94. The molecule has 0 bridgehead atoms. The number of rotatable bonds is 4. The lowest BCUT2D eigenvalue weighted by Gasteiger charge is -2.32. The number of ether oxygens (including phenoxy) is 2. The average Bonchev–Trinajstić information content (AvgIpc) is 2.52. The molecular formula is C15H22N4O4. The number of methoxy groups -OCH3 is 1. The fraction of sp³-hybridized carbons (Fsp3) is 0.467. The van der Waals surface area contributed by atoms with Crippen molar-refractivity contribution in [3.05, 3.63) is 17.7 Å². The normalized spacial score (nSPS) is 17.5. The number of nitrogens with zero attached hydrogens (tertiary/aromatic N) is 1. The van der Waals surface area contributed by atoms with Crippen molar-refractivity contribution in [2.24, 2.45) is 5.73 Å². The molecule has 8 nitrogen and oxygen atoms in total. The van der Waals surface area contributed by atoms with Crippen molar-refractivity contribution < 1.29 is 19.1 Å². The van der Waals surface area contributed by atoms with E-state index in [1.165, 1.54) is 7.11 Å². The lowest BCUT2D eigenvalue weighted by Crippen LogP contribution is -2.44. The highest BCUT2D eigenvalue weighted by Crippen LogP contribution is 2.32. The van der Waals surface area contributed by atoms with Gasteiger partial charge in [0, 0.05) is 19.2 Å². The van der Waals surface area contributed by atoms with E-state index in [9.17, 15) is 9.59 Å². The number of carbonyl (C=O) groups is 2. The van der Waals surface area contributed by atoms with E-state index < -0.39 is 6.09 Å². The molecule has 1 aromatic rings. The summed E-state index contributed by atoms with van der Waals surface area (Å²) in [6.07, 6.45) is 0.233. The van der Waals surface area contributed by atoms with Crippen LogP contribution in [0.15, 0.2) is 12.1 Å². The molecule has 1 atom stereocenters. The number of carbonyl (C=O) groups excluding carboxylic acids is 2. The van der Waals surface area contributed by atoms with Gasteiger partial charge < -0.3 is 31.2 Å². The lowest BCUT2D eigenvalue weighted by molar-refractivity contribution is 0.0373. The van der Waals surface area contributed by atoms with Gasteiger partial charge in [0.15, 0.2) is 0 Å². The molecule has 23 heavy (non-hydrogen) atoms. The SMILES string of the molecule is CNc1c(N)cc(C(=O)N2CCCC(OC(N)=O)C2)cc1OC. The minimum absolute atomic E-state index is 0.185. The number of nitrogens with two attached hydrogens (primary N) is 2. The monoisotopic (exact) mass is 322 g/mol. The second kappa shape index (κ2) is 7.08. The first-order valence-corrected chi connectivity index (χ1v) is 7.37. The molecule has 0 saturated carbocycles. The van der Waals surface area contributed by atoms with E-state index in [1.54, 1.807) is 24.1 Å². The first-order chi connectivity index (χ1) is 11.0. The summed E-state index contributed by atoms with van der Waals surface area (Å²) >= 11 is 0. The number of nitrogen functional groups attached to an aromatic ring is 1. The van der Waals surface area contributed by atoms with Gasteiger partial charge in [0.25, 0.3) is 5.91 Å². The molecule has 1 saturated heterocycles. The van der Waals surface area contributed by atoms with Crippen molar-refractivity contribution in [3.8, 4) is 5.75 Å². The first kappa shape index (κ1) is 16.7. The molecule has 8 heteroatoms. The highest BCUT2D eigenvalue weighted by atomic mass is 16.6. The summed E-state index contributed by atoms with van der Waals surface area (Å²) in [6.45, 7) is 0.908. The van der Waals surface area contributed by atoms with Crippen LogP contribution in [-0.4, -0.2) is 50.3 Å². The quantitative estimate of drug-likeness (QED) is 0.712. The predicted octanol–water partition coefficient (Wildman–Crippen LogP) is 1.02. The van der Waals surface area contributed by atoms with E-state index in [2.05, 4.69) is 5.32 Å². The molecule has 0 spiro atoms. The summed E-state index contributed by atoms with van der Waals surface area (Å²) in [5.74, 6) is 0.313. The third-order valence-electron chi connectivity index (χ3n) is 3.80. The fourth-order valence-electron chi connectivity index (χ4n) is 2.75. The molecule has 0 aliphatic carbocycles. The Hall–Kier alpha value is -2.64. The third-order valence-corrected chi connectivity index (χ3v) is 3.80. The number of hydrogen-bond donors (Lipinski definition) is 3. The van der Waals surface area contributed by atoms with Gasteiger partial charge in [-0.1, -0.05) is 0 Å². The van der Waals surface area contributed by atoms with Crippen LogP contribution in [0.2, 0.25) is 0 Å². The minimum Gasteiger partial charge on any atom is -0.494 e. The molecule has 1 aliphatic rings. The van der Waals surface area contributed by atoms with Crippen LogP contribution in [-0.2, 0) is 4.74 Å². The molecule has 1 aromatic carbocycles. The van der Waals surface area contributed by atoms with Crippen molar-refractivity contribution in [2.45, 2.75) is 18.9 Å². The molecule has 5 N–H and O–H groups in total. The number of hydrogen-bond acceptors (Lipinski definition) is 6. The van der Waals surface area contributed by atoms with Crippen LogP contribution < -0.4 is 21.5 Å². The van der Waals surface area contributed by atoms with Gasteiger partial charge >= 0.3 is 6.09 Å². The largest absolute Gasteiger partial charge is 0.494 e. The summed E-state index contributed by atoms with van der Waals surface area (Å²) in [5.41, 5.74) is 12.5. The zero-order valence-corrected chi connectivity index (χ0v) is 13.3. The second-order valence-electron chi connectivity index (χ2n) is 5.35. The fourth-order valence-corrected chi connectivity index (χ4v) is 2.75. The molecule has 0 aromatic heterocycles. The lowest BCUT2D eigenvalue weighted by atomic mass is 10.1. The number of nitrogens with one attached hydrogen (secondary N) is 1. The van der Waals surface area contributed by atoms with Gasteiger partial charge in [-0.3, -0.25) is 4.79 Å². The zero-order valence-electron chi connectivity index (χ0n) is 13.3. The van der Waals surface area contributed by atoms with E-state index >= 15 is 0 Å². The Morgan fingerprint density at radius 2 is 2.13 bits per heavy atom. The van der Waals surface area contributed by atoms with E-state index in [0.29, 0.717) is 42.2 Å². The second-order valence-corrected chi connectivity index (χ2v) is 5.35. The Labute approximate surface area is 134 Å². The summed E-state index contributed by atoms with van der Waals surface area (Å²) in [4.78, 5) is 25.2. The Kier molecular flexibility index (Phi) is 5.15. The number of likely N-dealkylation sites (tertiary alicyclic amines) is 1. The molecule has 2 amide bonds. The molecule has 2 rings (SSSR count). The molecule has 0 radical (unpaired) electrons. The Morgan fingerprint density at radius 3 is 2.74 bits per heavy atom. The van der Waals surface area contributed by atoms with E-state index in [0.717, 1.165) is 6.42 Å². The minimum atomic E-state index is -0.825. The van der Waals surface area contributed by atoms with Gasteiger partial charge in [0.05, 0.1) is 25.0 Å². The summed E-state index contributed by atoms with van der Waals surface area (Å²) in [7, 11) is 3.24. The van der Waals surface area contributed by atoms with Crippen molar-refractivity contribution >= 4 is 23.4 Å². The molecular weight excluding hydrogens is 300 g/mol. The number of amides is 2. The summed E-state index contributed by atoms with van der Waals surface area (Å²) in [6, 6.07) is 3.25. The van der Waals surface area contributed by atoms with Crippen molar-refractivity contribution in [1.82, 2.24) is 4.90 Å². The van der Waals surface area contributed by atoms with Gasteiger partial charge in [0.2, 0.25) is 0 Å². The maximum absolute atomic E-state index is 12.7. The Bertz CT molecular complexity index is 605. The predicted molar refractivity (Wildman–Crippen MR) is 86.5 cm³/mol. The van der Waals surface area contributed by atoms with Crippen LogP contribution in [0.25, 0.3) is 0 Å². The van der Waals surface area contributed by atoms with E-state index in [1.807, 2.05) is 0 Å². The van der Waals surface area contributed by atoms with Crippen LogP contribution in [0.3, 0.4) is 0 Å². The zero-order chi connectivity index (χ0) is 17.0. The van der Waals surface area contributed by atoms with Gasteiger partial charge in [-0.2, -0.15) is 0 Å². The van der Waals surface area contributed by atoms with Crippen molar-refractivity contribution in [2.75, 3.05) is 38.3 Å². The number of anilines is 2. The average molecular weight is 322 g/mol. The van der Waals surface area contributed by atoms with Crippen LogP contribution in [0, 0.1) is 0 Å². The van der Waals surface area contributed by atoms with Gasteiger partial charge in [-0.25, -0.2) is 4.79 Å². The Balaban J connectivity index is 2.19. The highest BCUT2D eigenvalue weighted by Gasteiger charge is 2.27. The molecule has 1 aliphatic heterocycles. The van der Waals surface area contributed by atoms with E-state index in [4.69, 9.17) is 20.9 Å². The Morgan fingerprint density at radius 1 is 1.39 bits per heavy atom. The number of benzene rings is 1. The van der Waals surface area contributed by atoms with Crippen molar-refractivity contribution in [1.29, 1.82) is 0 Å². The van der Waals surface area contributed by atoms with Crippen LogP contribution in [0.4, 0.5) is 16.2 Å². The van der Waals surface area contributed by atoms with Crippen LogP contribution in [0.5, 0.6) is 5.75 Å². The molecule has 1 fully saturated rings. The maximum atomic E-state index is 12.7. The smallest absolute Gasteiger partial charge is 0.404 e. The van der Waals surface area contributed by atoms with Crippen LogP contribution >= 0.6 is 0 Å². The molecule has 1 heterocycles. The van der Waals surface area contributed by atoms with Crippen molar-refractivity contribution in [3.63, 3.8) is 0 Å².